The van der Waals surface area contributed by atoms with Crippen LogP contribution in [0.15, 0.2) is 24.3 Å². The summed E-state index contributed by atoms with van der Waals surface area (Å²) in [5.41, 5.74) is -0.453. The van der Waals surface area contributed by atoms with Crippen molar-refractivity contribution in [2.24, 2.45) is 35.5 Å². The Morgan fingerprint density at radius 2 is 1.63 bits per heavy atom. The molecule has 0 saturated heterocycles. The topological polar surface area (TPSA) is 52.6 Å². The van der Waals surface area contributed by atoms with E-state index >= 15 is 0 Å². The number of esters is 2. The Bertz CT molecular complexity index is 753. The van der Waals surface area contributed by atoms with Gasteiger partial charge in [-0.3, -0.25) is 0 Å². The van der Waals surface area contributed by atoms with Gasteiger partial charge in [-0.05, 0) is 70.1 Å². The van der Waals surface area contributed by atoms with Crippen LogP contribution in [0.25, 0.3) is 0 Å². The van der Waals surface area contributed by atoms with E-state index in [1.807, 2.05) is 0 Å². The Morgan fingerprint density at radius 1 is 0.926 bits per heavy atom. The molecule has 8 unspecified atom stereocenters. The number of fused-ring (bicyclic) bond motifs is 12. The molecular formula is C23H30O4. The van der Waals surface area contributed by atoms with Crippen LogP contribution in [0, 0.1) is 35.5 Å². The molecule has 146 valence electrons. The van der Waals surface area contributed by atoms with Crippen molar-refractivity contribution in [3.05, 3.63) is 24.3 Å². The van der Waals surface area contributed by atoms with Crippen molar-refractivity contribution in [2.45, 2.75) is 70.0 Å². The van der Waals surface area contributed by atoms with Crippen LogP contribution in [0.1, 0.15) is 58.8 Å². The van der Waals surface area contributed by atoms with Gasteiger partial charge in [-0.1, -0.05) is 19.6 Å². The van der Waals surface area contributed by atoms with E-state index in [2.05, 4.69) is 13.2 Å². The van der Waals surface area contributed by atoms with E-state index < -0.39 is 11.2 Å². The quantitative estimate of drug-likeness (QED) is 0.423. The number of carbonyl (C=O) groups is 2. The lowest BCUT2D eigenvalue weighted by Gasteiger charge is -2.55. The molecule has 0 aromatic rings. The molecule has 0 aromatic heterocycles. The molecule has 0 N–H and O–H groups in total. The molecule has 5 aliphatic rings. The zero-order valence-electron chi connectivity index (χ0n) is 16.5. The molecule has 5 saturated carbocycles. The Labute approximate surface area is 161 Å². The van der Waals surface area contributed by atoms with Crippen molar-refractivity contribution >= 4 is 11.9 Å². The highest BCUT2D eigenvalue weighted by Crippen LogP contribution is 2.78. The minimum atomic E-state index is -0.662. The number of hydrogen-bond acceptors (Lipinski definition) is 4. The van der Waals surface area contributed by atoms with Crippen LogP contribution < -0.4 is 0 Å². The summed E-state index contributed by atoms with van der Waals surface area (Å²) in [5.74, 6) is 2.06. The van der Waals surface area contributed by atoms with Gasteiger partial charge in [0.25, 0.3) is 0 Å². The van der Waals surface area contributed by atoms with Gasteiger partial charge in [0.2, 0.25) is 0 Å². The minimum absolute atomic E-state index is 0.306. The molecule has 0 heterocycles. The highest BCUT2D eigenvalue weighted by molar-refractivity contribution is 5.89. The van der Waals surface area contributed by atoms with Gasteiger partial charge in [0, 0.05) is 28.9 Å². The highest BCUT2D eigenvalue weighted by Gasteiger charge is 2.84. The number of hydrogen-bond donors (Lipinski definition) is 0. The maximum Gasteiger partial charge on any atom is 0.333 e. The van der Waals surface area contributed by atoms with E-state index in [1.165, 1.54) is 19.3 Å². The fourth-order valence-electron chi connectivity index (χ4n) is 8.15. The largest absolute Gasteiger partial charge is 0.451 e. The van der Waals surface area contributed by atoms with E-state index in [4.69, 9.17) is 9.47 Å². The Balaban J connectivity index is 1.65. The molecule has 0 spiro atoms. The third kappa shape index (κ3) is 1.95. The molecule has 4 heteroatoms. The summed E-state index contributed by atoms with van der Waals surface area (Å²) in [6.45, 7) is 11.0. The third-order valence-electron chi connectivity index (χ3n) is 8.70. The first-order valence-corrected chi connectivity index (χ1v) is 10.6. The molecule has 5 fully saturated rings. The highest BCUT2D eigenvalue weighted by atomic mass is 16.6. The molecule has 0 aromatic carbocycles. The zero-order chi connectivity index (χ0) is 19.1. The summed E-state index contributed by atoms with van der Waals surface area (Å²) in [5, 5.41) is 0. The van der Waals surface area contributed by atoms with Crippen LogP contribution in [0.5, 0.6) is 0 Å². The zero-order valence-corrected chi connectivity index (χ0v) is 16.5. The van der Waals surface area contributed by atoms with Crippen LogP contribution >= 0.6 is 0 Å². The molecule has 0 aliphatic heterocycles. The molecule has 0 radical (unpaired) electrons. The van der Waals surface area contributed by atoms with Gasteiger partial charge in [0.1, 0.15) is 0 Å². The summed E-state index contributed by atoms with van der Waals surface area (Å²) in [4.78, 5) is 25.5. The first-order chi connectivity index (χ1) is 12.8. The summed E-state index contributed by atoms with van der Waals surface area (Å²) in [6.07, 6.45) is 7.74. The Morgan fingerprint density at radius 3 is 2.33 bits per heavy atom. The van der Waals surface area contributed by atoms with E-state index in [0.717, 1.165) is 25.7 Å². The van der Waals surface area contributed by atoms with Crippen molar-refractivity contribution in [1.29, 1.82) is 0 Å². The van der Waals surface area contributed by atoms with Crippen molar-refractivity contribution in [3.63, 3.8) is 0 Å². The van der Waals surface area contributed by atoms with Gasteiger partial charge >= 0.3 is 11.9 Å². The first-order valence-electron chi connectivity index (χ1n) is 10.6. The second kappa shape index (κ2) is 5.48. The van der Waals surface area contributed by atoms with Gasteiger partial charge in [-0.15, -0.1) is 0 Å². The summed E-state index contributed by atoms with van der Waals surface area (Å²) in [7, 11) is 0. The predicted octanol–water partition coefficient (Wildman–Crippen LogP) is 4.20. The Hall–Kier alpha value is -1.58. The second-order valence-corrected chi connectivity index (χ2v) is 9.89. The van der Waals surface area contributed by atoms with Crippen LogP contribution in [-0.4, -0.2) is 23.1 Å². The fourth-order valence-corrected chi connectivity index (χ4v) is 8.15. The molecule has 27 heavy (non-hydrogen) atoms. The second-order valence-electron chi connectivity index (χ2n) is 9.89. The van der Waals surface area contributed by atoms with Crippen molar-refractivity contribution in [3.8, 4) is 0 Å². The average Bonchev–Trinajstić information content (AvgIpc) is 3.37. The SMILES string of the molecule is C=C(C)C(=O)OC12CC(C3CCCC31)C1C3CCC(C3)C12OC(=O)C(=C)C. The van der Waals surface area contributed by atoms with E-state index in [-0.39, 0.29) is 11.9 Å². The Kier molecular flexibility index (Phi) is 3.56. The maximum absolute atomic E-state index is 12.8. The molecule has 5 rings (SSSR count). The lowest BCUT2D eigenvalue weighted by atomic mass is 9.59. The van der Waals surface area contributed by atoms with Crippen LogP contribution in [0.4, 0.5) is 0 Å². The summed E-state index contributed by atoms with van der Waals surface area (Å²) < 4.78 is 12.8. The van der Waals surface area contributed by atoms with Gasteiger partial charge in [0.15, 0.2) is 11.2 Å². The number of ether oxygens (including phenoxy) is 2. The molecule has 5 aliphatic carbocycles. The van der Waals surface area contributed by atoms with Crippen LogP contribution in [-0.2, 0) is 19.1 Å². The number of rotatable bonds is 4. The molecule has 4 bridgehead atoms. The molecule has 4 nitrogen and oxygen atoms in total. The van der Waals surface area contributed by atoms with Gasteiger partial charge in [-0.25, -0.2) is 9.59 Å². The van der Waals surface area contributed by atoms with E-state index in [9.17, 15) is 9.59 Å². The third-order valence-corrected chi connectivity index (χ3v) is 8.70. The standard InChI is InChI=1S/C23H30O4/c1-12(2)20(24)26-22-11-17(16-6-5-7-18(16)22)19-14-8-9-15(10-14)23(19,22)27-21(25)13(3)4/h14-19H,1,3,5-11H2,2,4H3. The molecule has 8 atom stereocenters. The number of carbonyl (C=O) groups excluding carboxylic acids is 2. The lowest BCUT2D eigenvalue weighted by molar-refractivity contribution is -0.244. The fraction of sp³-hybridized carbons (Fsp3) is 0.739. The van der Waals surface area contributed by atoms with Gasteiger partial charge < -0.3 is 9.47 Å². The molecular weight excluding hydrogens is 340 g/mol. The van der Waals surface area contributed by atoms with E-state index in [1.54, 1.807) is 13.8 Å². The predicted molar refractivity (Wildman–Crippen MR) is 101 cm³/mol. The van der Waals surface area contributed by atoms with Crippen LogP contribution in [0.2, 0.25) is 0 Å². The van der Waals surface area contributed by atoms with Crippen molar-refractivity contribution < 1.29 is 19.1 Å². The van der Waals surface area contributed by atoms with E-state index in [0.29, 0.717) is 46.7 Å². The maximum atomic E-state index is 12.8. The minimum Gasteiger partial charge on any atom is -0.451 e. The summed E-state index contributed by atoms with van der Waals surface area (Å²) >= 11 is 0. The van der Waals surface area contributed by atoms with Crippen molar-refractivity contribution in [1.82, 2.24) is 0 Å². The first kappa shape index (κ1) is 17.5. The molecule has 0 amide bonds. The monoisotopic (exact) mass is 370 g/mol. The average molecular weight is 370 g/mol. The van der Waals surface area contributed by atoms with Gasteiger partial charge in [-0.2, -0.15) is 0 Å². The van der Waals surface area contributed by atoms with Crippen LogP contribution in [0.3, 0.4) is 0 Å². The summed E-state index contributed by atoms with van der Waals surface area (Å²) in [6, 6.07) is 0. The smallest absolute Gasteiger partial charge is 0.333 e. The van der Waals surface area contributed by atoms with Gasteiger partial charge in [0.05, 0.1) is 0 Å². The van der Waals surface area contributed by atoms with Crippen molar-refractivity contribution in [2.75, 3.05) is 0 Å². The lowest BCUT2D eigenvalue weighted by Crippen LogP contribution is -2.66. The normalized spacial score (nSPS) is 48.2.